The number of piperidine rings is 1. The molecule has 1 unspecified atom stereocenters. The third-order valence-electron chi connectivity index (χ3n) is 4.47. The van der Waals surface area contributed by atoms with Crippen LogP contribution in [0.2, 0.25) is 0 Å². The lowest BCUT2D eigenvalue weighted by atomic mass is 9.77. The van der Waals surface area contributed by atoms with Crippen LogP contribution >= 0.6 is 0 Å². The van der Waals surface area contributed by atoms with E-state index in [1.807, 2.05) is 6.92 Å². The average Bonchev–Trinajstić information content (AvgIpc) is 2.39. The van der Waals surface area contributed by atoms with Crippen LogP contribution in [0.3, 0.4) is 0 Å². The molecule has 1 heterocycles. The molecular weight excluding hydrogens is 234 g/mol. The molecule has 1 aliphatic heterocycles. The summed E-state index contributed by atoms with van der Waals surface area (Å²) < 4.78 is 0. The normalized spacial score (nSPS) is 21.1. The largest absolute Gasteiger partial charge is 0.385 e. The van der Waals surface area contributed by atoms with Crippen LogP contribution in [0, 0.1) is 5.92 Å². The summed E-state index contributed by atoms with van der Waals surface area (Å²) in [4.78, 5) is 0. The van der Waals surface area contributed by atoms with Crippen LogP contribution in [0.1, 0.15) is 51.7 Å². The molecule has 0 radical (unpaired) electrons. The lowest BCUT2D eigenvalue weighted by Gasteiger charge is -2.36. The van der Waals surface area contributed by atoms with E-state index in [9.17, 15) is 5.11 Å². The fraction of sp³-hybridized carbons (Fsp3) is 0.647. The Balaban J connectivity index is 2.20. The maximum atomic E-state index is 10.9. The third kappa shape index (κ3) is 3.18. The van der Waals surface area contributed by atoms with Crippen LogP contribution in [-0.4, -0.2) is 18.2 Å². The average molecular weight is 261 g/mol. The van der Waals surface area contributed by atoms with Crippen molar-refractivity contribution < 1.29 is 5.11 Å². The van der Waals surface area contributed by atoms with E-state index in [0.717, 1.165) is 31.5 Å². The van der Waals surface area contributed by atoms with Crippen molar-refractivity contribution in [1.29, 1.82) is 0 Å². The van der Waals surface area contributed by atoms with Crippen molar-refractivity contribution in [2.45, 2.75) is 51.6 Å². The van der Waals surface area contributed by atoms with Gasteiger partial charge in [-0.15, -0.1) is 0 Å². The van der Waals surface area contributed by atoms with Gasteiger partial charge in [-0.2, -0.15) is 0 Å². The molecule has 0 bridgehead atoms. The van der Waals surface area contributed by atoms with Crippen molar-refractivity contribution in [2.75, 3.05) is 13.1 Å². The summed E-state index contributed by atoms with van der Waals surface area (Å²) in [5, 5.41) is 14.2. The first kappa shape index (κ1) is 14.5. The molecule has 106 valence electrons. The Kier molecular flexibility index (Phi) is 4.03. The van der Waals surface area contributed by atoms with Crippen molar-refractivity contribution >= 4 is 0 Å². The molecule has 1 aromatic carbocycles. The van der Waals surface area contributed by atoms with E-state index in [2.05, 4.69) is 50.4 Å². The van der Waals surface area contributed by atoms with Crippen molar-refractivity contribution in [1.82, 2.24) is 5.32 Å². The number of hydrogen-bond acceptors (Lipinski definition) is 2. The van der Waals surface area contributed by atoms with E-state index in [1.165, 1.54) is 5.56 Å². The zero-order valence-electron chi connectivity index (χ0n) is 12.7. The molecule has 2 heteroatoms. The second-order valence-corrected chi connectivity index (χ2v) is 7.00. The minimum absolute atomic E-state index is 0.166. The van der Waals surface area contributed by atoms with Crippen molar-refractivity contribution in [3.63, 3.8) is 0 Å². The predicted octanol–water partition coefficient (Wildman–Crippen LogP) is 3.19. The van der Waals surface area contributed by atoms with E-state index in [1.54, 1.807) is 0 Å². The SMILES string of the molecule is CC(C)(C)c1ccc(C(C)(O)C2CCNCC2)cc1. The zero-order valence-corrected chi connectivity index (χ0v) is 12.7. The van der Waals surface area contributed by atoms with Gasteiger partial charge in [0.25, 0.3) is 0 Å². The van der Waals surface area contributed by atoms with Crippen LogP contribution in [0.25, 0.3) is 0 Å². The molecule has 1 fully saturated rings. The van der Waals surface area contributed by atoms with E-state index in [0.29, 0.717) is 5.92 Å². The molecule has 0 spiro atoms. The van der Waals surface area contributed by atoms with Gasteiger partial charge in [-0.3, -0.25) is 0 Å². The highest BCUT2D eigenvalue weighted by Gasteiger charge is 2.34. The van der Waals surface area contributed by atoms with E-state index >= 15 is 0 Å². The molecule has 0 aliphatic carbocycles. The fourth-order valence-electron chi connectivity index (χ4n) is 2.93. The molecule has 0 amide bonds. The highest BCUT2D eigenvalue weighted by Crippen LogP contribution is 2.35. The Morgan fingerprint density at radius 3 is 1.89 bits per heavy atom. The van der Waals surface area contributed by atoms with Crippen LogP contribution in [0.5, 0.6) is 0 Å². The summed E-state index contributed by atoms with van der Waals surface area (Å²) in [7, 11) is 0. The van der Waals surface area contributed by atoms with Gasteiger partial charge in [-0.1, -0.05) is 45.0 Å². The molecule has 0 saturated carbocycles. The molecule has 0 aromatic heterocycles. The number of benzene rings is 1. The van der Waals surface area contributed by atoms with Crippen LogP contribution in [-0.2, 0) is 11.0 Å². The number of rotatable bonds is 2. The molecule has 19 heavy (non-hydrogen) atoms. The summed E-state index contributed by atoms with van der Waals surface area (Å²) >= 11 is 0. The van der Waals surface area contributed by atoms with E-state index in [-0.39, 0.29) is 5.41 Å². The third-order valence-corrected chi connectivity index (χ3v) is 4.47. The highest BCUT2D eigenvalue weighted by molar-refractivity contribution is 5.31. The summed E-state index contributed by atoms with van der Waals surface area (Å²) in [5.74, 6) is 0.356. The molecule has 1 atom stereocenters. The molecular formula is C17H27NO. The first-order valence-electron chi connectivity index (χ1n) is 7.36. The van der Waals surface area contributed by atoms with Gasteiger partial charge in [-0.05, 0) is 55.3 Å². The summed E-state index contributed by atoms with van der Waals surface area (Å²) in [5.41, 5.74) is 1.82. The summed E-state index contributed by atoms with van der Waals surface area (Å²) in [6, 6.07) is 8.51. The second kappa shape index (κ2) is 5.26. The van der Waals surface area contributed by atoms with Crippen LogP contribution in [0.4, 0.5) is 0 Å². The predicted molar refractivity (Wildman–Crippen MR) is 80.3 cm³/mol. The van der Waals surface area contributed by atoms with E-state index < -0.39 is 5.60 Å². The van der Waals surface area contributed by atoms with E-state index in [4.69, 9.17) is 0 Å². The molecule has 1 aromatic rings. The number of hydrogen-bond donors (Lipinski definition) is 2. The summed E-state index contributed by atoms with van der Waals surface area (Å²) in [6.45, 7) is 10.6. The maximum Gasteiger partial charge on any atom is 0.0897 e. The molecule has 2 rings (SSSR count). The number of nitrogens with one attached hydrogen (secondary N) is 1. The lowest BCUT2D eigenvalue weighted by molar-refractivity contribution is -0.0186. The Labute approximate surface area is 117 Å². The smallest absolute Gasteiger partial charge is 0.0897 e. The zero-order chi connectivity index (χ0) is 14.1. The first-order chi connectivity index (χ1) is 8.82. The van der Waals surface area contributed by atoms with Gasteiger partial charge in [0.1, 0.15) is 0 Å². The second-order valence-electron chi connectivity index (χ2n) is 7.00. The minimum atomic E-state index is -0.710. The van der Waals surface area contributed by atoms with Gasteiger partial charge in [0, 0.05) is 0 Å². The maximum absolute atomic E-state index is 10.9. The van der Waals surface area contributed by atoms with Crippen molar-refractivity contribution in [3.8, 4) is 0 Å². The van der Waals surface area contributed by atoms with Gasteiger partial charge >= 0.3 is 0 Å². The molecule has 2 N–H and O–H groups in total. The quantitative estimate of drug-likeness (QED) is 0.857. The Morgan fingerprint density at radius 1 is 0.947 bits per heavy atom. The minimum Gasteiger partial charge on any atom is -0.385 e. The Hall–Kier alpha value is -0.860. The Morgan fingerprint density at radius 2 is 1.42 bits per heavy atom. The van der Waals surface area contributed by atoms with Gasteiger partial charge in [0.05, 0.1) is 5.60 Å². The van der Waals surface area contributed by atoms with Gasteiger partial charge in [-0.25, -0.2) is 0 Å². The van der Waals surface area contributed by atoms with Crippen molar-refractivity contribution in [3.05, 3.63) is 35.4 Å². The standard InChI is InChI=1S/C17H27NO/c1-16(2,3)13-5-7-14(8-6-13)17(4,19)15-9-11-18-12-10-15/h5-8,15,18-19H,9-12H2,1-4H3. The highest BCUT2D eigenvalue weighted by atomic mass is 16.3. The monoisotopic (exact) mass is 261 g/mol. The van der Waals surface area contributed by atoms with Gasteiger partial charge in [0.15, 0.2) is 0 Å². The summed E-state index contributed by atoms with van der Waals surface area (Å²) in [6.07, 6.45) is 2.10. The first-order valence-corrected chi connectivity index (χ1v) is 7.36. The molecule has 2 nitrogen and oxygen atoms in total. The molecule has 1 saturated heterocycles. The number of aliphatic hydroxyl groups is 1. The Bertz CT molecular complexity index is 408. The molecule has 1 aliphatic rings. The van der Waals surface area contributed by atoms with Crippen LogP contribution in [0.15, 0.2) is 24.3 Å². The fourth-order valence-corrected chi connectivity index (χ4v) is 2.93. The van der Waals surface area contributed by atoms with Gasteiger partial charge in [0.2, 0.25) is 0 Å². The van der Waals surface area contributed by atoms with Crippen LogP contribution < -0.4 is 5.32 Å². The lowest BCUT2D eigenvalue weighted by Crippen LogP contribution is -2.39. The van der Waals surface area contributed by atoms with Gasteiger partial charge < -0.3 is 10.4 Å². The topological polar surface area (TPSA) is 32.3 Å². The van der Waals surface area contributed by atoms with Crippen molar-refractivity contribution in [2.24, 2.45) is 5.92 Å².